The molecule has 4 nitrogen and oxygen atoms in total. The zero-order chi connectivity index (χ0) is 18.0. The highest BCUT2D eigenvalue weighted by Crippen LogP contribution is 2.15. The van der Waals surface area contributed by atoms with Gasteiger partial charge in [-0.2, -0.15) is 0 Å². The van der Waals surface area contributed by atoms with E-state index in [2.05, 4.69) is 6.92 Å². The standard InChI is InChI=1S/C20H36O4/c1-2-3-4-5-9-12-15-18(20(23)24)16-13-10-7-6-8-11-14-17-19(21)22/h15H,2-14,16-17H2,1H3,(H,21,22)(H,23,24). The third-order valence-corrected chi connectivity index (χ3v) is 4.31. The molecule has 0 aromatic rings. The van der Waals surface area contributed by atoms with Crippen LogP contribution in [0, 0.1) is 0 Å². The molecule has 0 aliphatic rings. The highest BCUT2D eigenvalue weighted by atomic mass is 16.4. The second-order valence-corrected chi connectivity index (χ2v) is 6.61. The van der Waals surface area contributed by atoms with Crippen molar-refractivity contribution in [1.82, 2.24) is 0 Å². The SMILES string of the molecule is CCCCCCCC=C(CCCCCCCCCC(=O)O)C(=O)O. The van der Waals surface area contributed by atoms with Crippen LogP contribution >= 0.6 is 0 Å². The summed E-state index contributed by atoms with van der Waals surface area (Å²) in [4.78, 5) is 21.6. The molecule has 2 N–H and O–H groups in total. The van der Waals surface area contributed by atoms with Crippen LogP contribution in [0.2, 0.25) is 0 Å². The molecule has 0 bridgehead atoms. The molecular weight excluding hydrogens is 304 g/mol. The Kier molecular flexibility index (Phi) is 15.6. The number of unbranched alkanes of at least 4 members (excludes halogenated alkanes) is 11. The Morgan fingerprint density at radius 3 is 1.75 bits per heavy atom. The maximum Gasteiger partial charge on any atom is 0.331 e. The van der Waals surface area contributed by atoms with Crippen molar-refractivity contribution in [2.75, 3.05) is 0 Å². The predicted octanol–water partition coefficient (Wildman–Crippen LogP) is 5.95. The molecular formula is C20H36O4. The maximum atomic E-state index is 11.2. The normalized spacial score (nSPS) is 11.6. The number of carboxylic acid groups (broad SMARTS) is 2. The fourth-order valence-electron chi connectivity index (χ4n) is 2.80. The smallest absolute Gasteiger partial charge is 0.331 e. The molecule has 0 fully saturated rings. The third kappa shape index (κ3) is 15.6. The molecule has 0 unspecified atom stereocenters. The summed E-state index contributed by atoms with van der Waals surface area (Å²) in [5, 5.41) is 17.8. The summed E-state index contributed by atoms with van der Waals surface area (Å²) in [6, 6.07) is 0. The molecule has 4 heteroatoms. The summed E-state index contributed by atoms with van der Waals surface area (Å²) in [6.45, 7) is 2.19. The highest BCUT2D eigenvalue weighted by Gasteiger charge is 2.06. The molecule has 0 aromatic carbocycles. The second-order valence-electron chi connectivity index (χ2n) is 6.61. The average Bonchev–Trinajstić information content (AvgIpc) is 2.53. The van der Waals surface area contributed by atoms with Crippen LogP contribution in [-0.2, 0) is 9.59 Å². The predicted molar refractivity (Wildman–Crippen MR) is 98.3 cm³/mol. The summed E-state index contributed by atoms with van der Waals surface area (Å²) < 4.78 is 0. The fourth-order valence-corrected chi connectivity index (χ4v) is 2.80. The van der Waals surface area contributed by atoms with Crippen LogP contribution in [0.5, 0.6) is 0 Å². The van der Waals surface area contributed by atoms with Crippen LogP contribution in [0.15, 0.2) is 11.6 Å². The summed E-state index contributed by atoms with van der Waals surface area (Å²) >= 11 is 0. The van der Waals surface area contributed by atoms with Crippen molar-refractivity contribution in [1.29, 1.82) is 0 Å². The van der Waals surface area contributed by atoms with E-state index in [0.29, 0.717) is 12.0 Å². The summed E-state index contributed by atoms with van der Waals surface area (Å²) in [5.41, 5.74) is 0.576. The number of allylic oxidation sites excluding steroid dienone is 1. The first-order chi connectivity index (χ1) is 11.6. The van der Waals surface area contributed by atoms with Gasteiger partial charge in [0.05, 0.1) is 0 Å². The Morgan fingerprint density at radius 1 is 0.708 bits per heavy atom. The number of carboxylic acids is 2. The Labute approximate surface area is 147 Å². The van der Waals surface area contributed by atoms with Crippen LogP contribution in [0.1, 0.15) is 103 Å². The number of aliphatic carboxylic acids is 2. The number of rotatable bonds is 17. The molecule has 0 heterocycles. The first kappa shape index (κ1) is 22.7. The van der Waals surface area contributed by atoms with Gasteiger partial charge in [0.25, 0.3) is 0 Å². The lowest BCUT2D eigenvalue weighted by atomic mass is 10.0. The van der Waals surface area contributed by atoms with Gasteiger partial charge in [-0.05, 0) is 32.1 Å². The number of hydrogen-bond donors (Lipinski definition) is 2. The Morgan fingerprint density at radius 2 is 1.21 bits per heavy atom. The molecule has 0 aromatic heterocycles. The van der Waals surface area contributed by atoms with Crippen molar-refractivity contribution < 1.29 is 19.8 Å². The van der Waals surface area contributed by atoms with Crippen LogP contribution in [-0.4, -0.2) is 22.2 Å². The Bertz CT molecular complexity index is 361. The van der Waals surface area contributed by atoms with Gasteiger partial charge >= 0.3 is 11.9 Å². The van der Waals surface area contributed by atoms with Gasteiger partial charge in [0.1, 0.15) is 0 Å². The minimum absolute atomic E-state index is 0.269. The molecule has 0 aliphatic heterocycles. The Hall–Kier alpha value is -1.32. The van der Waals surface area contributed by atoms with Crippen LogP contribution < -0.4 is 0 Å². The second kappa shape index (κ2) is 16.5. The van der Waals surface area contributed by atoms with E-state index < -0.39 is 11.9 Å². The van der Waals surface area contributed by atoms with Gasteiger partial charge in [-0.15, -0.1) is 0 Å². The van der Waals surface area contributed by atoms with Crippen LogP contribution in [0.3, 0.4) is 0 Å². The van der Waals surface area contributed by atoms with E-state index in [1.54, 1.807) is 0 Å². The first-order valence-electron chi connectivity index (χ1n) is 9.72. The van der Waals surface area contributed by atoms with Gasteiger partial charge in [-0.3, -0.25) is 4.79 Å². The van der Waals surface area contributed by atoms with Crippen molar-refractivity contribution in [2.24, 2.45) is 0 Å². The molecule has 0 atom stereocenters. The molecule has 0 saturated carbocycles. The number of carbonyl (C=O) groups is 2. The van der Waals surface area contributed by atoms with Crippen molar-refractivity contribution in [3.63, 3.8) is 0 Å². The molecule has 0 radical (unpaired) electrons. The molecule has 0 saturated heterocycles. The maximum absolute atomic E-state index is 11.2. The molecule has 0 spiro atoms. The fraction of sp³-hybridized carbons (Fsp3) is 0.800. The third-order valence-electron chi connectivity index (χ3n) is 4.31. The van der Waals surface area contributed by atoms with Crippen molar-refractivity contribution in [3.8, 4) is 0 Å². The van der Waals surface area contributed by atoms with E-state index in [1.807, 2.05) is 6.08 Å². The molecule has 0 amide bonds. The van der Waals surface area contributed by atoms with Crippen molar-refractivity contribution >= 4 is 11.9 Å². The zero-order valence-electron chi connectivity index (χ0n) is 15.4. The summed E-state index contributed by atoms with van der Waals surface area (Å²) in [7, 11) is 0. The van der Waals surface area contributed by atoms with Gasteiger partial charge in [0, 0.05) is 12.0 Å². The lowest BCUT2D eigenvalue weighted by molar-refractivity contribution is -0.137. The Balaban J connectivity index is 3.63. The molecule has 24 heavy (non-hydrogen) atoms. The highest BCUT2D eigenvalue weighted by molar-refractivity contribution is 5.86. The van der Waals surface area contributed by atoms with Crippen LogP contribution in [0.4, 0.5) is 0 Å². The topological polar surface area (TPSA) is 74.6 Å². The van der Waals surface area contributed by atoms with E-state index in [4.69, 9.17) is 5.11 Å². The van der Waals surface area contributed by atoms with Gasteiger partial charge in [0.2, 0.25) is 0 Å². The van der Waals surface area contributed by atoms with Gasteiger partial charge in [-0.25, -0.2) is 4.79 Å². The van der Waals surface area contributed by atoms with Crippen molar-refractivity contribution in [2.45, 2.75) is 103 Å². The van der Waals surface area contributed by atoms with Crippen molar-refractivity contribution in [3.05, 3.63) is 11.6 Å². The summed E-state index contributed by atoms with van der Waals surface area (Å²) in [5.74, 6) is -1.48. The molecule has 0 rings (SSSR count). The van der Waals surface area contributed by atoms with Gasteiger partial charge < -0.3 is 10.2 Å². The first-order valence-corrected chi connectivity index (χ1v) is 9.72. The minimum Gasteiger partial charge on any atom is -0.481 e. The minimum atomic E-state index is -0.766. The molecule has 140 valence electrons. The van der Waals surface area contributed by atoms with E-state index in [-0.39, 0.29) is 6.42 Å². The number of hydrogen-bond acceptors (Lipinski definition) is 2. The van der Waals surface area contributed by atoms with E-state index in [9.17, 15) is 14.7 Å². The van der Waals surface area contributed by atoms with Crippen LogP contribution in [0.25, 0.3) is 0 Å². The lowest BCUT2D eigenvalue weighted by Gasteiger charge is -2.04. The van der Waals surface area contributed by atoms with Gasteiger partial charge in [-0.1, -0.05) is 70.8 Å². The van der Waals surface area contributed by atoms with Gasteiger partial charge in [0.15, 0.2) is 0 Å². The monoisotopic (exact) mass is 340 g/mol. The average molecular weight is 341 g/mol. The van der Waals surface area contributed by atoms with E-state index in [0.717, 1.165) is 57.8 Å². The summed E-state index contributed by atoms with van der Waals surface area (Å²) in [6.07, 6.45) is 16.8. The van der Waals surface area contributed by atoms with E-state index in [1.165, 1.54) is 25.7 Å². The zero-order valence-corrected chi connectivity index (χ0v) is 15.4. The lowest BCUT2D eigenvalue weighted by Crippen LogP contribution is -2.00. The van der Waals surface area contributed by atoms with E-state index >= 15 is 0 Å². The molecule has 0 aliphatic carbocycles. The quantitative estimate of drug-likeness (QED) is 0.253. The largest absolute Gasteiger partial charge is 0.481 e.